The van der Waals surface area contributed by atoms with Gasteiger partial charge >= 0.3 is 0 Å². The quantitative estimate of drug-likeness (QED) is 0.755. The van der Waals surface area contributed by atoms with Crippen molar-refractivity contribution in [3.05, 3.63) is 18.0 Å². The smallest absolute Gasteiger partial charge is 0.251 e. The highest BCUT2D eigenvalue weighted by Gasteiger charge is 2.10. The maximum absolute atomic E-state index is 10.8. The second-order valence-corrected chi connectivity index (χ2v) is 4.14. The van der Waals surface area contributed by atoms with E-state index in [0.717, 1.165) is 13.1 Å². The van der Waals surface area contributed by atoms with Crippen LogP contribution in [0.5, 0.6) is 0 Å². The molecule has 2 heterocycles. The lowest BCUT2D eigenvalue weighted by molar-refractivity contribution is 0.0999. The fraction of sp³-hybridized carbons (Fsp3) is 0.545. The molecule has 1 aromatic rings. The Morgan fingerprint density at radius 3 is 2.59 bits per heavy atom. The van der Waals surface area contributed by atoms with Gasteiger partial charge in [0.25, 0.3) is 5.91 Å². The predicted molar refractivity (Wildman–Crippen MR) is 64.7 cm³/mol. The first-order chi connectivity index (χ1) is 8.25. The summed E-state index contributed by atoms with van der Waals surface area (Å²) in [6, 6.07) is 0. The molecule has 1 aliphatic heterocycles. The number of hydrogen-bond acceptors (Lipinski definition) is 5. The minimum absolute atomic E-state index is 0.329. The van der Waals surface area contributed by atoms with E-state index < -0.39 is 5.91 Å². The van der Waals surface area contributed by atoms with E-state index in [-0.39, 0.29) is 0 Å². The van der Waals surface area contributed by atoms with Crippen LogP contribution < -0.4 is 11.1 Å². The molecule has 3 N–H and O–H groups in total. The molecule has 6 heteroatoms. The van der Waals surface area contributed by atoms with E-state index in [0.29, 0.717) is 11.5 Å². The van der Waals surface area contributed by atoms with Crippen molar-refractivity contribution in [2.45, 2.75) is 12.8 Å². The molecule has 0 saturated carbocycles. The largest absolute Gasteiger partial charge is 0.366 e. The average Bonchev–Trinajstić information content (AvgIpc) is 2.83. The van der Waals surface area contributed by atoms with E-state index in [2.05, 4.69) is 20.2 Å². The zero-order valence-electron chi connectivity index (χ0n) is 9.72. The van der Waals surface area contributed by atoms with Crippen LogP contribution in [0.2, 0.25) is 0 Å². The molecule has 1 fully saturated rings. The normalized spacial score (nSPS) is 16.0. The van der Waals surface area contributed by atoms with Crippen LogP contribution in [0, 0.1) is 0 Å². The molecular weight excluding hydrogens is 218 g/mol. The lowest BCUT2D eigenvalue weighted by atomic mass is 10.3. The van der Waals surface area contributed by atoms with Crippen LogP contribution in [-0.4, -0.2) is 47.0 Å². The third kappa shape index (κ3) is 3.39. The van der Waals surface area contributed by atoms with Crippen molar-refractivity contribution < 1.29 is 4.79 Å². The summed E-state index contributed by atoms with van der Waals surface area (Å²) < 4.78 is 0. The van der Waals surface area contributed by atoms with Gasteiger partial charge < -0.3 is 16.0 Å². The highest BCUT2D eigenvalue weighted by Crippen LogP contribution is 2.06. The Morgan fingerprint density at radius 1 is 1.35 bits per heavy atom. The van der Waals surface area contributed by atoms with Gasteiger partial charge in [-0.2, -0.15) is 0 Å². The van der Waals surface area contributed by atoms with E-state index in [4.69, 9.17) is 5.73 Å². The SMILES string of the molecule is NC(=O)c1cnc(NCCN2CCCC2)nc1. The summed E-state index contributed by atoms with van der Waals surface area (Å²) in [4.78, 5) is 21.3. The van der Waals surface area contributed by atoms with Crippen LogP contribution in [0.15, 0.2) is 12.4 Å². The Morgan fingerprint density at radius 2 is 2.00 bits per heavy atom. The predicted octanol–water partition coefficient (Wildman–Crippen LogP) is 0.0832. The topological polar surface area (TPSA) is 84.1 Å². The molecule has 0 spiro atoms. The molecule has 0 radical (unpaired) electrons. The Labute approximate surface area is 100 Å². The van der Waals surface area contributed by atoms with Gasteiger partial charge in [-0.15, -0.1) is 0 Å². The molecule has 0 aliphatic carbocycles. The van der Waals surface area contributed by atoms with E-state index in [9.17, 15) is 4.79 Å². The standard InChI is InChI=1S/C11H17N5O/c12-10(17)9-7-14-11(15-8-9)13-3-6-16-4-1-2-5-16/h7-8H,1-6H2,(H2,12,17)(H,13,14,15). The first-order valence-electron chi connectivity index (χ1n) is 5.84. The number of carbonyl (C=O) groups excluding carboxylic acids is 1. The van der Waals surface area contributed by atoms with Crippen molar-refractivity contribution in [1.82, 2.24) is 14.9 Å². The maximum atomic E-state index is 10.8. The van der Waals surface area contributed by atoms with Crippen molar-refractivity contribution in [3.63, 3.8) is 0 Å². The summed E-state index contributed by atoms with van der Waals surface area (Å²) in [7, 11) is 0. The van der Waals surface area contributed by atoms with Crippen LogP contribution in [0.1, 0.15) is 23.2 Å². The maximum Gasteiger partial charge on any atom is 0.251 e. The van der Waals surface area contributed by atoms with E-state index in [1.165, 1.54) is 38.3 Å². The molecule has 0 aromatic carbocycles. The zero-order valence-corrected chi connectivity index (χ0v) is 9.72. The lowest BCUT2D eigenvalue weighted by Gasteiger charge is -2.14. The summed E-state index contributed by atoms with van der Waals surface area (Å²) in [6.45, 7) is 4.18. The molecule has 1 amide bonds. The molecule has 0 unspecified atom stereocenters. The Kier molecular flexibility index (Phi) is 3.87. The second kappa shape index (κ2) is 5.58. The van der Waals surface area contributed by atoms with Crippen molar-refractivity contribution in [2.24, 2.45) is 5.73 Å². The van der Waals surface area contributed by atoms with Crippen LogP contribution in [-0.2, 0) is 0 Å². The van der Waals surface area contributed by atoms with Gasteiger partial charge in [0.15, 0.2) is 0 Å². The molecular formula is C11H17N5O. The van der Waals surface area contributed by atoms with Gasteiger partial charge in [-0.05, 0) is 25.9 Å². The summed E-state index contributed by atoms with van der Waals surface area (Å²) in [5.74, 6) is 0.0304. The molecule has 0 atom stereocenters. The Bertz CT molecular complexity index is 372. The number of rotatable bonds is 5. The second-order valence-electron chi connectivity index (χ2n) is 4.14. The number of nitrogens with two attached hydrogens (primary N) is 1. The van der Waals surface area contributed by atoms with E-state index in [1.54, 1.807) is 0 Å². The monoisotopic (exact) mass is 235 g/mol. The fourth-order valence-electron chi connectivity index (χ4n) is 1.88. The number of anilines is 1. The van der Waals surface area contributed by atoms with Gasteiger partial charge in [0.1, 0.15) is 0 Å². The van der Waals surface area contributed by atoms with E-state index >= 15 is 0 Å². The average molecular weight is 235 g/mol. The first kappa shape index (κ1) is 11.8. The lowest BCUT2D eigenvalue weighted by Crippen LogP contribution is -2.26. The summed E-state index contributed by atoms with van der Waals surface area (Å²) >= 11 is 0. The van der Waals surface area contributed by atoms with Gasteiger partial charge in [-0.3, -0.25) is 4.79 Å². The van der Waals surface area contributed by atoms with Gasteiger partial charge in [-0.25, -0.2) is 9.97 Å². The number of hydrogen-bond donors (Lipinski definition) is 2. The third-order valence-electron chi connectivity index (χ3n) is 2.85. The molecule has 1 saturated heterocycles. The van der Waals surface area contributed by atoms with Gasteiger partial charge in [0.05, 0.1) is 5.56 Å². The Hall–Kier alpha value is -1.69. The number of nitrogens with one attached hydrogen (secondary N) is 1. The van der Waals surface area contributed by atoms with Crippen LogP contribution in [0.25, 0.3) is 0 Å². The fourth-order valence-corrected chi connectivity index (χ4v) is 1.88. The molecule has 1 aromatic heterocycles. The minimum Gasteiger partial charge on any atom is -0.366 e. The van der Waals surface area contributed by atoms with Crippen LogP contribution >= 0.6 is 0 Å². The molecule has 17 heavy (non-hydrogen) atoms. The number of aromatic nitrogens is 2. The third-order valence-corrected chi connectivity index (χ3v) is 2.85. The molecule has 0 bridgehead atoms. The van der Waals surface area contributed by atoms with Crippen LogP contribution in [0.4, 0.5) is 5.95 Å². The molecule has 1 aliphatic rings. The van der Waals surface area contributed by atoms with Gasteiger partial charge in [-0.1, -0.05) is 0 Å². The van der Waals surface area contributed by atoms with Gasteiger partial charge in [0, 0.05) is 25.5 Å². The van der Waals surface area contributed by atoms with E-state index in [1.807, 2.05) is 0 Å². The van der Waals surface area contributed by atoms with Crippen LogP contribution in [0.3, 0.4) is 0 Å². The summed E-state index contributed by atoms with van der Waals surface area (Å²) in [5, 5.41) is 3.12. The summed E-state index contributed by atoms with van der Waals surface area (Å²) in [5.41, 5.74) is 5.43. The minimum atomic E-state index is -0.506. The number of nitrogens with zero attached hydrogens (tertiary/aromatic N) is 3. The highest BCUT2D eigenvalue weighted by molar-refractivity contribution is 5.92. The zero-order chi connectivity index (χ0) is 12.1. The van der Waals surface area contributed by atoms with Crippen molar-refractivity contribution >= 4 is 11.9 Å². The van der Waals surface area contributed by atoms with Crippen molar-refractivity contribution in [2.75, 3.05) is 31.5 Å². The highest BCUT2D eigenvalue weighted by atomic mass is 16.1. The first-order valence-corrected chi connectivity index (χ1v) is 5.84. The molecule has 92 valence electrons. The Balaban J connectivity index is 1.76. The van der Waals surface area contributed by atoms with Crippen molar-refractivity contribution in [3.8, 4) is 0 Å². The molecule has 2 rings (SSSR count). The number of carbonyl (C=O) groups is 1. The van der Waals surface area contributed by atoms with Gasteiger partial charge in [0.2, 0.25) is 5.95 Å². The number of amides is 1. The summed E-state index contributed by atoms with van der Waals surface area (Å²) in [6.07, 6.45) is 5.47. The number of primary amides is 1. The van der Waals surface area contributed by atoms with Crippen molar-refractivity contribution in [1.29, 1.82) is 0 Å². The number of likely N-dealkylation sites (tertiary alicyclic amines) is 1. The molecule has 6 nitrogen and oxygen atoms in total.